The first kappa shape index (κ1) is 11.7. The van der Waals surface area contributed by atoms with Crippen LogP contribution in [0.3, 0.4) is 0 Å². The molecule has 0 radical (unpaired) electrons. The number of hydrogen-bond donors (Lipinski definition) is 0. The standard InChI is InChI=1S/C12H12BrClN2/c1-8(2)16-7-10(13)12(15-16)9-5-3-4-6-11(9)14/h3-8H,1-2H3. The Balaban J connectivity index is 2.52. The van der Waals surface area contributed by atoms with Gasteiger partial charge in [0, 0.05) is 17.8 Å². The maximum atomic E-state index is 6.15. The lowest BCUT2D eigenvalue weighted by molar-refractivity contribution is 0.534. The Morgan fingerprint density at radius 3 is 2.56 bits per heavy atom. The van der Waals surface area contributed by atoms with Crippen molar-refractivity contribution in [2.75, 3.05) is 0 Å². The second kappa shape index (κ2) is 4.60. The average Bonchev–Trinajstić information content (AvgIpc) is 2.61. The van der Waals surface area contributed by atoms with Gasteiger partial charge in [-0.2, -0.15) is 5.10 Å². The summed E-state index contributed by atoms with van der Waals surface area (Å²) in [6, 6.07) is 8.06. The topological polar surface area (TPSA) is 17.8 Å². The van der Waals surface area contributed by atoms with Gasteiger partial charge >= 0.3 is 0 Å². The summed E-state index contributed by atoms with van der Waals surface area (Å²) in [4.78, 5) is 0. The minimum atomic E-state index is 0.340. The molecular weight excluding hydrogens is 288 g/mol. The normalized spacial score (nSPS) is 11.1. The number of hydrogen-bond acceptors (Lipinski definition) is 1. The van der Waals surface area contributed by atoms with Crippen molar-refractivity contribution >= 4 is 27.5 Å². The molecule has 0 aliphatic heterocycles. The van der Waals surface area contributed by atoms with Crippen LogP contribution < -0.4 is 0 Å². The Morgan fingerprint density at radius 2 is 2.00 bits per heavy atom. The highest BCUT2D eigenvalue weighted by molar-refractivity contribution is 9.10. The quantitative estimate of drug-likeness (QED) is 0.795. The molecule has 0 unspecified atom stereocenters. The van der Waals surface area contributed by atoms with E-state index in [0.29, 0.717) is 6.04 Å². The molecule has 0 N–H and O–H groups in total. The van der Waals surface area contributed by atoms with E-state index in [-0.39, 0.29) is 0 Å². The van der Waals surface area contributed by atoms with Gasteiger partial charge in [0.05, 0.1) is 9.50 Å². The third-order valence-electron chi connectivity index (χ3n) is 2.35. The fourth-order valence-corrected chi connectivity index (χ4v) is 2.20. The van der Waals surface area contributed by atoms with E-state index in [0.717, 1.165) is 20.8 Å². The lowest BCUT2D eigenvalue weighted by Crippen LogP contribution is -2.00. The SMILES string of the molecule is CC(C)n1cc(Br)c(-c2ccccc2Cl)n1. The molecule has 0 saturated carbocycles. The number of nitrogens with zero attached hydrogens (tertiary/aromatic N) is 2. The highest BCUT2D eigenvalue weighted by Gasteiger charge is 2.12. The van der Waals surface area contributed by atoms with Gasteiger partial charge in [-0.15, -0.1) is 0 Å². The third-order valence-corrected chi connectivity index (χ3v) is 3.26. The van der Waals surface area contributed by atoms with Gasteiger partial charge in [0.2, 0.25) is 0 Å². The van der Waals surface area contributed by atoms with E-state index < -0.39 is 0 Å². The van der Waals surface area contributed by atoms with Crippen molar-refractivity contribution in [1.82, 2.24) is 9.78 Å². The molecule has 0 fully saturated rings. The van der Waals surface area contributed by atoms with Gasteiger partial charge < -0.3 is 0 Å². The summed E-state index contributed by atoms with van der Waals surface area (Å²) in [5.74, 6) is 0. The number of rotatable bonds is 2. The van der Waals surface area contributed by atoms with Crippen LogP contribution in [0.5, 0.6) is 0 Å². The highest BCUT2D eigenvalue weighted by Crippen LogP contribution is 2.32. The molecule has 84 valence electrons. The molecule has 2 aromatic rings. The maximum Gasteiger partial charge on any atom is 0.108 e. The van der Waals surface area contributed by atoms with Crippen LogP contribution in [0.2, 0.25) is 5.02 Å². The molecular formula is C12H12BrClN2. The summed E-state index contributed by atoms with van der Waals surface area (Å²) in [6.45, 7) is 4.19. The molecule has 0 spiro atoms. The molecule has 1 aromatic carbocycles. The largest absolute Gasteiger partial charge is 0.268 e. The van der Waals surface area contributed by atoms with Gasteiger partial charge in [-0.3, -0.25) is 4.68 Å². The molecule has 0 saturated heterocycles. The van der Waals surface area contributed by atoms with E-state index in [1.165, 1.54) is 0 Å². The molecule has 4 heteroatoms. The number of aromatic nitrogens is 2. The van der Waals surface area contributed by atoms with Gasteiger partial charge in [0.15, 0.2) is 0 Å². The van der Waals surface area contributed by atoms with Crippen molar-refractivity contribution in [1.29, 1.82) is 0 Å². The van der Waals surface area contributed by atoms with Crippen molar-refractivity contribution in [3.05, 3.63) is 40.0 Å². The lowest BCUT2D eigenvalue weighted by atomic mass is 10.1. The molecule has 1 aromatic heterocycles. The molecule has 2 rings (SSSR count). The van der Waals surface area contributed by atoms with Crippen molar-refractivity contribution in [3.8, 4) is 11.3 Å². The number of benzene rings is 1. The van der Waals surface area contributed by atoms with E-state index in [4.69, 9.17) is 11.6 Å². The van der Waals surface area contributed by atoms with Crippen LogP contribution in [0.1, 0.15) is 19.9 Å². The van der Waals surface area contributed by atoms with Gasteiger partial charge in [-0.05, 0) is 35.8 Å². The van der Waals surface area contributed by atoms with E-state index in [9.17, 15) is 0 Å². The molecule has 0 bridgehead atoms. The minimum Gasteiger partial charge on any atom is -0.268 e. The summed E-state index contributed by atoms with van der Waals surface area (Å²) >= 11 is 9.66. The van der Waals surface area contributed by atoms with Crippen LogP contribution in [0.15, 0.2) is 34.9 Å². The molecule has 16 heavy (non-hydrogen) atoms. The monoisotopic (exact) mass is 298 g/mol. The van der Waals surface area contributed by atoms with Crippen LogP contribution >= 0.6 is 27.5 Å². The summed E-state index contributed by atoms with van der Waals surface area (Å²) in [7, 11) is 0. The van der Waals surface area contributed by atoms with E-state index in [1.54, 1.807) is 0 Å². The Hall–Kier alpha value is -0.800. The van der Waals surface area contributed by atoms with E-state index in [1.807, 2.05) is 35.1 Å². The summed E-state index contributed by atoms with van der Waals surface area (Å²) in [5, 5.41) is 5.25. The fraction of sp³-hybridized carbons (Fsp3) is 0.250. The van der Waals surface area contributed by atoms with Gasteiger partial charge in [0.25, 0.3) is 0 Å². The number of halogens is 2. The second-order valence-corrected chi connectivity index (χ2v) is 5.14. The van der Waals surface area contributed by atoms with Crippen molar-refractivity contribution < 1.29 is 0 Å². The van der Waals surface area contributed by atoms with Crippen LogP contribution in [-0.2, 0) is 0 Å². The van der Waals surface area contributed by atoms with Crippen molar-refractivity contribution in [2.24, 2.45) is 0 Å². The van der Waals surface area contributed by atoms with Gasteiger partial charge in [-0.25, -0.2) is 0 Å². The summed E-state index contributed by atoms with van der Waals surface area (Å²) < 4.78 is 2.89. The van der Waals surface area contributed by atoms with Gasteiger partial charge in [-0.1, -0.05) is 29.8 Å². The smallest absolute Gasteiger partial charge is 0.108 e. The van der Waals surface area contributed by atoms with E-state index >= 15 is 0 Å². The molecule has 0 aliphatic rings. The van der Waals surface area contributed by atoms with Crippen LogP contribution in [-0.4, -0.2) is 9.78 Å². The maximum absolute atomic E-state index is 6.15. The second-order valence-electron chi connectivity index (χ2n) is 3.88. The minimum absolute atomic E-state index is 0.340. The summed E-state index contributed by atoms with van der Waals surface area (Å²) in [6.07, 6.45) is 1.98. The fourth-order valence-electron chi connectivity index (χ4n) is 1.47. The zero-order valence-corrected chi connectivity index (χ0v) is 11.5. The molecule has 1 heterocycles. The van der Waals surface area contributed by atoms with Crippen molar-refractivity contribution in [2.45, 2.75) is 19.9 Å². The van der Waals surface area contributed by atoms with Gasteiger partial charge in [0.1, 0.15) is 5.69 Å². The van der Waals surface area contributed by atoms with Crippen molar-refractivity contribution in [3.63, 3.8) is 0 Å². The third kappa shape index (κ3) is 2.15. The molecule has 2 nitrogen and oxygen atoms in total. The predicted octanol–water partition coefficient (Wildman–Crippen LogP) is 4.55. The zero-order valence-electron chi connectivity index (χ0n) is 9.11. The first-order valence-corrected chi connectivity index (χ1v) is 6.26. The van der Waals surface area contributed by atoms with Crippen LogP contribution in [0.4, 0.5) is 0 Å². The Labute approximate surface area is 108 Å². The molecule has 0 atom stereocenters. The first-order valence-electron chi connectivity index (χ1n) is 5.09. The molecule has 0 amide bonds. The highest BCUT2D eigenvalue weighted by atomic mass is 79.9. The Kier molecular flexibility index (Phi) is 3.36. The van der Waals surface area contributed by atoms with Crippen LogP contribution in [0, 0.1) is 0 Å². The average molecular weight is 300 g/mol. The predicted molar refractivity (Wildman–Crippen MR) is 70.8 cm³/mol. The molecule has 0 aliphatic carbocycles. The van der Waals surface area contributed by atoms with E-state index in [2.05, 4.69) is 34.9 Å². The summed E-state index contributed by atoms with van der Waals surface area (Å²) in [5.41, 5.74) is 1.84. The zero-order chi connectivity index (χ0) is 11.7. The van der Waals surface area contributed by atoms with Crippen LogP contribution in [0.25, 0.3) is 11.3 Å². The Bertz CT molecular complexity index is 505. The lowest BCUT2D eigenvalue weighted by Gasteiger charge is -2.04. The Morgan fingerprint density at radius 1 is 1.31 bits per heavy atom. The first-order chi connectivity index (χ1) is 7.59.